The molecule has 5 heteroatoms. The van der Waals surface area contributed by atoms with E-state index in [2.05, 4.69) is 15.2 Å². The summed E-state index contributed by atoms with van der Waals surface area (Å²) in [5.41, 5.74) is 5.02. The second kappa shape index (κ2) is 2.54. The molecular weight excluding hydrogens is 136 g/mol. The topological polar surface area (TPSA) is 64.2 Å². The van der Waals surface area contributed by atoms with Crippen LogP contribution in [0, 0.1) is 6.92 Å². The van der Waals surface area contributed by atoms with Gasteiger partial charge in [-0.1, -0.05) is 11.3 Å². The largest absolute Gasteiger partial charge is 0.390 e. The van der Waals surface area contributed by atoms with Crippen LogP contribution in [0.4, 0.5) is 5.13 Å². The lowest BCUT2D eigenvalue weighted by atomic mass is 10.9. The van der Waals surface area contributed by atoms with Crippen LogP contribution in [-0.2, 0) is 0 Å². The maximum Gasteiger partial charge on any atom is 0.232 e. The normalized spacial score (nSPS) is 10.8. The zero-order valence-electron chi connectivity index (χ0n) is 4.90. The molecule has 0 radical (unpaired) electrons. The highest BCUT2D eigenvalue weighted by Crippen LogP contribution is 2.15. The second-order valence-electron chi connectivity index (χ2n) is 1.38. The molecule has 0 aromatic carbocycles. The summed E-state index contributed by atoms with van der Waals surface area (Å²) in [4.78, 5) is 3.73. The van der Waals surface area contributed by atoms with E-state index in [9.17, 15) is 0 Å². The number of aliphatic imine (C=N–C) groups is 1. The minimum Gasteiger partial charge on any atom is -0.390 e. The Hall–Kier alpha value is -0.970. The zero-order chi connectivity index (χ0) is 6.69. The lowest BCUT2D eigenvalue weighted by Crippen LogP contribution is -1.85. The first kappa shape index (κ1) is 6.15. The number of aromatic nitrogens is 2. The molecule has 0 aliphatic heterocycles. The Bertz CT molecular complexity index is 216. The van der Waals surface area contributed by atoms with Crippen LogP contribution in [-0.4, -0.2) is 16.5 Å². The van der Waals surface area contributed by atoms with E-state index < -0.39 is 0 Å². The maximum absolute atomic E-state index is 5.02. The number of aryl methyl sites for hydroxylation is 1. The van der Waals surface area contributed by atoms with E-state index in [0.717, 1.165) is 5.01 Å². The van der Waals surface area contributed by atoms with Gasteiger partial charge in [-0.15, -0.1) is 10.2 Å². The van der Waals surface area contributed by atoms with Crippen molar-refractivity contribution in [1.29, 1.82) is 0 Å². The van der Waals surface area contributed by atoms with Gasteiger partial charge in [-0.25, -0.2) is 4.99 Å². The van der Waals surface area contributed by atoms with E-state index in [1.807, 2.05) is 6.92 Å². The third-order valence-electron chi connectivity index (χ3n) is 0.700. The Balaban J connectivity index is 2.85. The molecule has 0 amide bonds. The van der Waals surface area contributed by atoms with Crippen molar-refractivity contribution in [2.45, 2.75) is 6.92 Å². The van der Waals surface area contributed by atoms with Crippen molar-refractivity contribution in [3.05, 3.63) is 5.01 Å². The minimum atomic E-state index is 0.606. The Morgan fingerprint density at radius 3 is 2.89 bits per heavy atom. The number of rotatable bonds is 1. The van der Waals surface area contributed by atoms with Gasteiger partial charge in [-0.2, -0.15) is 0 Å². The van der Waals surface area contributed by atoms with Crippen LogP contribution in [0.1, 0.15) is 5.01 Å². The minimum absolute atomic E-state index is 0.606. The number of nitrogens with zero attached hydrogens (tertiary/aromatic N) is 3. The van der Waals surface area contributed by atoms with Crippen molar-refractivity contribution < 1.29 is 0 Å². The number of hydrogen-bond donors (Lipinski definition) is 1. The van der Waals surface area contributed by atoms with Crippen LogP contribution in [0.2, 0.25) is 0 Å². The highest BCUT2D eigenvalue weighted by atomic mass is 32.1. The molecule has 0 atom stereocenters. The number of hydrogen-bond acceptors (Lipinski definition) is 4. The molecule has 0 unspecified atom stereocenters. The Morgan fingerprint density at radius 1 is 1.67 bits per heavy atom. The monoisotopic (exact) mass is 142 g/mol. The predicted octanol–water partition coefficient (Wildman–Crippen LogP) is 0.465. The van der Waals surface area contributed by atoms with Crippen LogP contribution >= 0.6 is 11.3 Å². The van der Waals surface area contributed by atoms with Gasteiger partial charge in [0.1, 0.15) is 5.01 Å². The summed E-state index contributed by atoms with van der Waals surface area (Å²) in [6, 6.07) is 0. The predicted molar refractivity (Wildman–Crippen MR) is 37.0 cm³/mol. The third kappa shape index (κ3) is 1.46. The van der Waals surface area contributed by atoms with E-state index in [0.29, 0.717) is 5.13 Å². The summed E-state index contributed by atoms with van der Waals surface area (Å²) in [5, 5.41) is 8.94. The van der Waals surface area contributed by atoms with Gasteiger partial charge in [0.15, 0.2) is 0 Å². The summed E-state index contributed by atoms with van der Waals surface area (Å²) in [5.74, 6) is 0. The molecule has 48 valence electrons. The Kier molecular flexibility index (Phi) is 1.74. The molecule has 0 saturated carbocycles. The molecule has 1 heterocycles. The van der Waals surface area contributed by atoms with Crippen molar-refractivity contribution in [3.63, 3.8) is 0 Å². The molecule has 0 spiro atoms. The van der Waals surface area contributed by atoms with E-state index in [1.54, 1.807) is 0 Å². The molecule has 0 aliphatic carbocycles. The summed E-state index contributed by atoms with van der Waals surface area (Å²) >= 11 is 1.41. The molecule has 1 rings (SSSR count). The first-order chi connectivity index (χ1) is 4.33. The fourth-order valence-electron chi connectivity index (χ4n) is 0.402. The van der Waals surface area contributed by atoms with E-state index >= 15 is 0 Å². The standard InChI is InChI=1S/C4H6N4S/c1-3-7-8-4(9-3)6-2-5/h2H,1H3,(H2,5,6,8). The van der Waals surface area contributed by atoms with Gasteiger partial charge in [-0.05, 0) is 6.92 Å². The van der Waals surface area contributed by atoms with Gasteiger partial charge in [0.05, 0.1) is 6.34 Å². The zero-order valence-corrected chi connectivity index (χ0v) is 5.72. The molecule has 1 aromatic rings. The first-order valence-corrected chi connectivity index (χ1v) is 3.19. The van der Waals surface area contributed by atoms with E-state index in [1.165, 1.54) is 17.7 Å². The van der Waals surface area contributed by atoms with Crippen molar-refractivity contribution in [2.24, 2.45) is 10.7 Å². The third-order valence-corrected chi connectivity index (χ3v) is 1.45. The van der Waals surface area contributed by atoms with Gasteiger partial charge in [0.2, 0.25) is 5.13 Å². The van der Waals surface area contributed by atoms with Crippen LogP contribution in [0.25, 0.3) is 0 Å². The molecule has 4 nitrogen and oxygen atoms in total. The molecule has 9 heavy (non-hydrogen) atoms. The van der Waals surface area contributed by atoms with Gasteiger partial charge in [-0.3, -0.25) is 0 Å². The summed E-state index contributed by atoms with van der Waals surface area (Å²) in [6.07, 6.45) is 1.21. The quantitative estimate of drug-likeness (QED) is 0.457. The van der Waals surface area contributed by atoms with Crippen molar-refractivity contribution >= 4 is 22.8 Å². The van der Waals surface area contributed by atoms with Crippen molar-refractivity contribution in [3.8, 4) is 0 Å². The summed E-state index contributed by atoms with van der Waals surface area (Å²) in [7, 11) is 0. The SMILES string of the molecule is Cc1nnc(/N=C/N)s1. The molecular formula is C4H6N4S. The average Bonchev–Trinajstić information content (AvgIpc) is 2.17. The summed E-state index contributed by atoms with van der Waals surface area (Å²) in [6.45, 7) is 1.87. The van der Waals surface area contributed by atoms with Crippen LogP contribution in [0.15, 0.2) is 4.99 Å². The fourth-order valence-corrected chi connectivity index (χ4v) is 0.943. The Morgan fingerprint density at radius 2 is 2.44 bits per heavy atom. The molecule has 2 N–H and O–H groups in total. The Labute approximate surface area is 56.4 Å². The maximum atomic E-state index is 5.02. The molecule has 0 bridgehead atoms. The molecule has 0 aliphatic rings. The lowest BCUT2D eigenvalue weighted by Gasteiger charge is -1.73. The average molecular weight is 142 g/mol. The van der Waals surface area contributed by atoms with Crippen LogP contribution < -0.4 is 5.73 Å². The van der Waals surface area contributed by atoms with Gasteiger partial charge >= 0.3 is 0 Å². The van der Waals surface area contributed by atoms with E-state index in [-0.39, 0.29) is 0 Å². The fraction of sp³-hybridized carbons (Fsp3) is 0.250. The van der Waals surface area contributed by atoms with Crippen molar-refractivity contribution in [1.82, 2.24) is 10.2 Å². The number of nitrogens with two attached hydrogens (primary N) is 1. The second-order valence-corrected chi connectivity index (χ2v) is 2.54. The smallest absolute Gasteiger partial charge is 0.232 e. The van der Waals surface area contributed by atoms with Crippen molar-refractivity contribution in [2.75, 3.05) is 0 Å². The lowest BCUT2D eigenvalue weighted by molar-refractivity contribution is 1.04. The molecule has 0 fully saturated rings. The van der Waals surface area contributed by atoms with Crippen LogP contribution in [0.3, 0.4) is 0 Å². The van der Waals surface area contributed by atoms with Gasteiger partial charge in [0.25, 0.3) is 0 Å². The van der Waals surface area contributed by atoms with Crippen LogP contribution in [0.5, 0.6) is 0 Å². The summed E-state index contributed by atoms with van der Waals surface area (Å²) < 4.78 is 0. The van der Waals surface area contributed by atoms with E-state index in [4.69, 9.17) is 5.73 Å². The highest BCUT2D eigenvalue weighted by Gasteiger charge is 1.93. The molecule has 1 aromatic heterocycles. The van der Waals surface area contributed by atoms with Gasteiger partial charge < -0.3 is 5.73 Å². The molecule has 0 saturated heterocycles. The van der Waals surface area contributed by atoms with Gasteiger partial charge in [0, 0.05) is 0 Å². The first-order valence-electron chi connectivity index (χ1n) is 2.37. The highest BCUT2D eigenvalue weighted by molar-refractivity contribution is 7.14.